The van der Waals surface area contributed by atoms with Crippen LogP contribution in [0.5, 0.6) is 5.75 Å². The van der Waals surface area contributed by atoms with Crippen LogP contribution in [-0.2, 0) is 11.2 Å². The average molecular weight is 377 g/mol. The van der Waals surface area contributed by atoms with Crippen molar-refractivity contribution in [2.24, 2.45) is 5.73 Å². The van der Waals surface area contributed by atoms with Gasteiger partial charge in [0.25, 0.3) is 0 Å². The quantitative estimate of drug-likeness (QED) is 0.780. The number of ether oxygens (including phenoxy) is 1. The third-order valence-electron chi connectivity index (χ3n) is 3.36. The second-order valence-corrected chi connectivity index (χ2v) is 6.25. The van der Waals surface area contributed by atoms with Crippen molar-refractivity contribution < 1.29 is 9.53 Å². The summed E-state index contributed by atoms with van der Waals surface area (Å²) in [6.45, 7) is 2.31. The Morgan fingerprint density at radius 2 is 1.83 bits per heavy atom. The van der Waals surface area contributed by atoms with Crippen molar-refractivity contribution in [1.82, 2.24) is 5.32 Å². The molecule has 5 heteroatoms. The SMILES string of the molecule is CC(CNC(=O)[C@@H](N)Cc1ccccc1)Oc1ccccc1Br. The second-order valence-electron chi connectivity index (χ2n) is 5.40. The topological polar surface area (TPSA) is 64.4 Å². The first-order valence-electron chi connectivity index (χ1n) is 7.54. The molecule has 0 spiro atoms. The van der Waals surface area contributed by atoms with Crippen LogP contribution in [0.3, 0.4) is 0 Å². The van der Waals surface area contributed by atoms with Crippen LogP contribution in [-0.4, -0.2) is 24.6 Å². The summed E-state index contributed by atoms with van der Waals surface area (Å²) in [4.78, 5) is 12.1. The summed E-state index contributed by atoms with van der Waals surface area (Å²) < 4.78 is 6.68. The van der Waals surface area contributed by atoms with E-state index in [4.69, 9.17) is 10.5 Å². The average Bonchev–Trinajstić information content (AvgIpc) is 2.55. The molecule has 23 heavy (non-hydrogen) atoms. The molecule has 0 bridgehead atoms. The lowest BCUT2D eigenvalue weighted by atomic mass is 10.1. The molecule has 0 saturated carbocycles. The number of nitrogens with one attached hydrogen (secondary N) is 1. The van der Waals surface area contributed by atoms with Crippen molar-refractivity contribution in [1.29, 1.82) is 0 Å². The molecule has 2 atom stereocenters. The normalized spacial score (nSPS) is 13.2. The number of amides is 1. The fourth-order valence-corrected chi connectivity index (χ4v) is 2.51. The first-order valence-corrected chi connectivity index (χ1v) is 8.34. The Kier molecular flexibility index (Phi) is 6.62. The summed E-state index contributed by atoms with van der Waals surface area (Å²) in [5.74, 6) is 0.583. The number of para-hydroxylation sites is 1. The van der Waals surface area contributed by atoms with E-state index in [1.54, 1.807) is 0 Å². The molecule has 2 rings (SSSR count). The molecule has 1 unspecified atom stereocenters. The van der Waals surface area contributed by atoms with E-state index < -0.39 is 6.04 Å². The minimum atomic E-state index is -0.562. The highest BCUT2D eigenvalue weighted by molar-refractivity contribution is 9.10. The van der Waals surface area contributed by atoms with Gasteiger partial charge in [-0.15, -0.1) is 0 Å². The number of carbonyl (C=O) groups excluding carboxylic acids is 1. The predicted molar refractivity (Wildman–Crippen MR) is 95.4 cm³/mol. The van der Waals surface area contributed by atoms with Gasteiger partial charge in [0.05, 0.1) is 17.1 Å². The van der Waals surface area contributed by atoms with Crippen LogP contribution < -0.4 is 15.8 Å². The van der Waals surface area contributed by atoms with Crippen molar-refractivity contribution in [2.75, 3.05) is 6.54 Å². The van der Waals surface area contributed by atoms with Gasteiger partial charge in [-0.3, -0.25) is 4.79 Å². The van der Waals surface area contributed by atoms with Crippen molar-refractivity contribution in [3.63, 3.8) is 0 Å². The first kappa shape index (κ1) is 17.5. The van der Waals surface area contributed by atoms with Crippen molar-refractivity contribution in [3.8, 4) is 5.75 Å². The highest BCUT2D eigenvalue weighted by Gasteiger charge is 2.15. The summed E-state index contributed by atoms with van der Waals surface area (Å²) in [6, 6.07) is 16.8. The van der Waals surface area contributed by atoms with Crippen LogP contribution in [0.25, 0.3) is 0 Å². The van der Waals surface area contributed by atoms with Crippen LogP contribution in [0.1, 0.15) is 12.5 Å². The van der Waals surface area contributed by atoms with Gasteiger partial charge in [-0.2, -0.15) is 0 Å². The van der Waals surface area contributed by atoms with Crippen molar-refractivity contribution in [3.05, 3.63) is 64.6 Å². The molecule has 2 aromatic rings. The summed E-state index contributed by atoms with van der Waals surface area (Å²) in [7, 11) is 0. The summed E-state index contributed by atoms with van der Waals surface area (Å²) in [6.07, 6.45) is 0.369. The first-order chi connectivity index (χ1) is 11.1. The lowest BCUT2D eigenvalue weighted by Crippen LogP contribution is -2.45. The molecular weight excluding hydrogens is 356 g/mol. The van der Waals surface area contributed by atoms with E-state index in [1.165, 1.54) is 0 Å². The molecule has 0 fully saturated rings. The van der Waals surface area contributed by atoms with E-state index >= 15 is 0 Å². The maximum absolute atomic E-state index is 12.1. The minimum Gasteiger partial charge on any atom is -0.488 e. The number of hydrogen-bond donors (Lipinski definition) is 2. The summed E-state index contributed by atoms with van der Waals surface area (Å²) in [5.41, 5.74) is 7.00. The highest BCUT2D eigenvalue weighted by Crippen LogP contribution is 2.24. The lowest BCUT2D eigenvalue weighted by Gasteiger charge is -2.18. The second kappa shape index (κ2) is 8.70. The molecule has 0 aromatic heterocycles. The Labute approximate surface area is 145 Å². The van der Waals surface area contributed by atoms with Crippen LogP contribution in [0.4, 0.5) is 0 Å². The number of nitrogens with two attached hydrogens (primary N) is 1. The Hall–Kier alpha value is -1.85. The van der Waals surface area contributed by atoms with E-state index in [0.29, 0.717) is 13.0 Å². The van der Waals surface area contributed by atoms with Crippen LogP contribution in [0, 0.1) is 0 Å². The Bertz CT molecular complexity index is 634. The number of halogens is 1. The third kappa shape index (κ3) is 5.69. The molecule has 0 saturated heterocycles. The van der Waals surface area contributed by atoms with E-state index in [1.807, 2.05) is 61.5 Å². The van der Waals surface area contributed by atoms with E-state index in [9.17, 15) is 4.79 Å². The maximum Gasteiger partial charge on any atom is 0.237 e. The zero-order chi connectivity index (χ0) is 16.7. The molecule has 3 N–H and O–H groups in total. The number of carbonyl (C=O) groups is 1. The monoisotopic (exact) mass is 376 g/mol. The third-order valence-corrected chi connectivity index (χ3v) is 4.02. The van der Waals surface area contributed by atoms with Crippen molar-refractivity contribution >= 4 is 21.8 Å². The molecule has 1 amide bonds. The van der Waals surface area contributed by atoms with Crippen molar-refractivity contribution in [2.45, 2.75) is 25.5 Å². The van der Waals surface area contributed by atoms with Gasteiger partial charge in [0.2, 0.25) is 5.91 Å². The van der Waals surface area contributed by atoms with E-state index in [0.717, 1.165) is 15.8 Å². The maximum atomic E-state index is 12.1. The van der Waals surface area contributed by atoms with Gasteiger partial charge in [0, 0.05) is 0 Å². The van der Waals surface area contributed by atoms with Gasteiger partial charge in [-0.1, -0.05) is 42.5 Å². The zero-order valence-corrected chi connectivity index (χ0v) is 14.6. The molecule has 0 aliphatic rings. The van der Waals surface area contributed by atoms with Gasteiger partial charge in [0.15, 0.2) is 0 Å². The molecule has 0 aliphatic carbocycles. The molecular formula is C18H21BrN2O2. The standard InChI is InChI=1S/C18H21BrN2O2/c1-13(23-17-10-6-5-9-15(17)19)12-21-18(22)16(20)11-14-7-3-2-4-8-14/h2-10,13,16H,11-12,20H2,1H3,(H,21,22)/t13?,16-/m0/s1. The zero-order valence-electron chi connectivity index (χ0n) is 13.0. The minimum absolute atomic E-state index is 0.151. The van der Waals surface area contributed by atoms with E-state index in [-0.39, 0.29) is 12.0 Å². The molecule has 0 radical (unpaired) electrons. The number of rotatable bonds is 7. The lowest BCUT2D eigenvalue weighted by molar-refractivity contribution is -0.122. The number of hydrogen-bond acceptors (Lipinski definition) is 3. The smallest absolute Gasteiger partial charge is 0.237 e. The van der Waals surface area contributed by atoms with Gasteiger partial charge < -0.3 is 15.8 Å². The Morgan fingerprint density at radius 3 is 2.52 bits per heavy atom. The number of benzene rings is 2. The van der Waals surface area contributed by atoms with Crippen LogP contribution >= 0.6 is 15.9 Å². The summed E-state index contributed by atoms with van der Waals surface area (Å²) >= 11 is 3.43. The fraction of sp³-hybridized carbons (Fsp3) is 0.278. The molecule has 122 valence electrons. The fourth-order valence-electron chi connectivity index (χ4n) is 2.13. The van der Waals surface area contributed by atoms with Crippen LogP contribution in [0.15, 0.2) is 59.1 Å². The molecule has 0 heterocycles. The Balaban J connectivity index is 1.78. The van der Waals surface area contributed by atoms with Crippen LogP contribution in [0.2, 0.25) is 0 Å². The molecule has 0 aliphatic heterocycles. The predicted octanol–water partition coefficient (Wildman–Crippen LogP) is 2.90. The molecule has 2 aromatic carbocycles. The molecule has 4 nitrogen and oxygen atoms in total. The summed E-state index contributed by atoms with van der Waals surface area (Å²) in [5, 5.41) is 2.84. The van der Waals surface area contributed by atoms with Gasteiger partial charge in [0.1, 0.15) is 11.9 Å². The van der Waals surface area contributed by atoms with Gasteiger partial charge in [-0.05, 0) is 47.0 Å². The van der Waals surface area contributed by atoms with E-state index in [2.05, 4.69) is 21.2 Å². The van der Waals surface area contributed by atoms with Gasteiger partial charge >= 0.3 is 0 Å². The highest BCUT2D eigenvalue weighted by atomic mass is 79.9. The van der Waals surface area contributed by atoms with Gasteiger partial charge in [-0.25, -0.2) is 0 Å². The largest absolute Gasteiger partial charge is 0.488 e. The Morgan fingerprint density at radius 1 is 1.17 bits per heavy atom.